The van der Waals surface area contributed by atoms with Crippen molar-refractivity contribution >= 4 is 0 Å². The molecule has 2 saturated heterocycles. The minimum absolute atomic E-state index is 0.651. The minimum atomic E-state index is 0.651. The van der Waals surface area contributed by atoms with Crippen molar-refractivity contribution in [2.24, 2.45) is 0 Å². The number of piperazine rings is 1. The maximum atomic E-state index is 5.57. The molecule has 0 atom stereocenters. The molecule has 2 aliphatic heterocycles. The molecule has 0 amide bonds. The summed E-state index contributed by atoms with van der Waals surface area (Å²) in [7, 11) is 1.68. The van der Waals surface area contributed by atoms with E-state index < -0.39 is 0 Å². The summed E-state index contributed by atoms with van der Waals surface area (Å²) in [4.78, 5) is 5.08. The summed E-state index contributed by atoms with van der Waals surface area (Å²) < 4.78 is 15.8. The Kier molecular flexibility index (Phi) is 7.79. The van der Waals surface area contributed by atoms with E-state index >= 15 is 0 Å². The van der Waals surface area contributed by atoms with Gasteiger partial charge < -0.3 is 19.5 Å². The van der Waals surface area contributed by atoms with E-state index in [1.807, 2.05) is 0 Å². The van der Waals surface area contributed by atoms with Crippen LogP contribution in [0.3, 0.4) is 0 Å². The van der Waals surface area contributed by atoms with Crippen molar-refractivity contribution in [1.82, 2.24) is 15.1 Å². The van der Waals surface area contributed by atoms with Gasteiger partial charge in [0.1, 0.15) is 0 Å². The molecule has 0 unspecified atom stereocenters. The van der Waals surface area contributed by atoms with E-state index in [0.717, 1.165) is 32.3 Å². The molecule has 6 heteroatoms. The van der Waals surface area contributed by atoms with Crippen LogP contribution < -0.4 is 5.32 Å². The van der Waals surface area contributed by atoms with Gasteiger partial charge in [-0.1, -0.05) is 0 Å². The van der Waals surface area contributed by atoms with Crippen LogP contribution >= 0.6 is 0 Å². The summed E-state index contributed by atoms with van der Waals surface area (Å²) in [6.45, 7) is 11.6. The summed E-state index contributed by atoms with van der Waals surface area (Å²) in [5.41, 5.74) is 0. The second-order valence-corrected chi connectivity index (χ2v) is 5.42. The van der Waals surface area contributed by atoms with E-state index in [1.54, 1.807) is 7.11 Å². The van der Waals surface area contributed by atoms with Gasteiger partial charge in [0.2, 0.25) is 0 Å². The highest BCUT2D eigenvalue weighted by molar-refractivity contribution is 4.89. The predicted octanol–water partition coefficient (Wildman–Crippen LogP) is -0.745. The molecule has 0 saturated carbocycles. The zero-order valence-electron chi connectivity index (χ0n) is 12.7. The standard InChI is InChI=1S/C14H29N3O3/c1-18-8-9-20-11-10-19-7-6-16-12-14(13-16)17-4-2-15-3-5-17/h14-15H,2-13H2,1H3. The highest BCUT2D eigenvalue weighted by Crippen LogP contribution is 2.14. The van der Waals surface area contributed by atoms with Gasteiger partial charge in [-0.05, 0) is 0 Å². The molecule has 0 aromatic heterocycles. The Morgan fingerprint density at radius 1 is 0.950 bits per heavy atom. The SMILES string of the molecule is COCCOCCOCCN1CC(N2CCNCC2)C1. The molecular formula is C14H29N3O3. The molecule has 118 valence electrons. The number of hydrogen-bond acceptors (Lipinski definition) is 6. The highest BCUT2D eigenvalue weighted by atomic mass is 16.5. The zero-order chi connectivity index (χ0) is 14.0. The van der Waals surface area contributed by atoms with Gasteiger partial charge in [0, 0.05) is 59.0 Å². The zero-order valence-corrected chi connectivity index (χ0v) is 12.7. The first-order chi connectivity index (χ1) is 9.90. The molecule has 6 nitrogen and oxygen atoms in total. The normalized spacial score (nSPS) is 22.1. The fourth-order valence-electron chi connectivity index (χ4n) is 2.66. The smallest absolute Gasteiger partial charge is 0.0701 e. The largest absolute Gasteiger partial charge is 0.382 e. The lowest BCUT2D eigenvalue weighted by Crippen LogP contribution is -2.63. The van der Waals surface area contributed by atoms with Crippen LogP contribution in [-0.4, -0.2) is 102 Å². The predicted molar refractivity (Wildman–Crippen MR) is 78.2 cm³/mol. The first kappa shape index (κ1) is 16.1. The summed E-state index contributed by atoms with van der Waals surface area (Å²) in [6.07, 6.45) is 0. The quantitative estimate of drug-likeness (QED) is 0.534. The third-order valence-electron chi connectivity index (χ3n) is 3.96. The number of methoxy groups -OCH3 is 1. The third-order valence-corrected chi connectivity index (χ3v) is 3.96. The molecule has 2 heterocycles. The molecule has 0 aromatic carbocycles. The molecule has 0 bridgehead atoms. The fourth-order valence-corrected chi connectivity index (χ4v) is 2.66. The second-order valence-electron chi connectivity index (χ2n) is 5.42. The summed E-state index contributed by atoms with van der Waals surface area (Å²) in [5.74, 6) is 0. The Hall–Kier alpha value is -0.240. The Labute approximate surface area is 122 Å². The average Bonchev–Trinajstić information content (AvgIpc) is 2.44. The van der Waals surface area contributed by atoms with Gasteiger partial charge in [0.15, 0.2) is 0 Å². The monoisotopic (exact) mass is 287 g/mol. The van der Waals surface area contributed by atoms with E-state index in [1.165, 1.54) is 26.2 Å². The lowest BCUT2D eigenvalue weighted by molar-refractivity contribution is -0.00816. The van der Waals surface area contributed by atoms with Crippen LogP contribution in [-0.2, 0) is 14.2 Å². The first-order valence-corrected chi connectivity index (χ1v) is 7.71. The molecule has 1 N–H and O–H groups in total. The van der Waals surface area contributed by atoms with Crippen LogP contribution in [0, 0.1) is 0 Å². The fraction of sp³-hybridized carbons (Fsp3) is 1.00. The van der Waals surface area contributed by atoms with Crippen molar-refractivity contribution in [3.63, 3.8) is 0 Å². The maximum Gasteiger partial charge on any atom is 0.0701 e. The Morgan fingerprint density at radius 3 is 2.30 bits per heavy atom. The molecule has 0 aliphatic carbocycles. The van der Waals surface area contributed by atoms with Crippen LogP contribution in [0.2, 0.25) is 0 Å². The van der Waals surface area contributed by atoms with E-state index in [4.69, 9.17) is 14.2 Å². The van der Waals surface area contributed by atoms with E-state index in [-0.39, 0.29) is 0 Å². The van der Waals surface area contributed by atoms with Crippen LogP contribution in [0.4, 0.5) is 0 Å². The van der Waals surface area contributed by atoms with Gasteiger partial charge in [0.25, 0.3) is 0 Å². The molecule has 2 rings (SSSR count). The van der Waals surface area contributed by atoms with E-state index in [0.29, 0.717) is 26.4 Å². The van der Waals surface area contributed by atoms with Gasteiger partial charge >= 0.3 is 0 Å². The van der Waals surface area contributed by atoms with E-state index in [9.17, 15) is 0 Å². The Bertz CT molecular complexity index is 244. The molecule has 0 aromatic rings. The number of nitrogens with one attached hydrogen (secondary N) is 1. The van der Waals surface area contributed by atoms with Gasteiger partial charge in [-0.15, -0.1) is 0 Å². The highest BCUT2D eigenvalue weighted by Gasteiger charge is 2.31. The van der Waals surface area contributed by atoms with Crippen molar-refractivity contribution in [3.8, 4) is 0 Å². The second kappa shape index (κ2) is 9.65. The molecule has 20 heavy (non-hydrogen) atoms. The van der Waals surface area contributed by atoms with Crippen LogP contribution in [0.1, 0.15) is 0 Å². The van der Waals surface area contributed by atoms with Crippen LogP contribution in [0.5, 0.6) is 0 Å². The van der Waals surface area contributed by atoms with Crippen molar-refractivity contribution in [2.75, 3.05) is 86.0 Å². The number of rotatable bonds is 10. The van der Waals surface area contributed by atoms with Gasteiger partial charge in [-0.3, -0.25) is 9.80 Å². The van der Waals surface area contributed by atoms with Crippen LogP contribution in [0.15, 0.2) is 0 Å². The lowest BCUT2D eigenvalue weighted by Gasteiger charge is -2.46. The summed E-state index contributed by atoms with van der Waals surface area (Å²) >= 11 is 0. The van der Waals surface area contributed by atoms with Crippen molar-refractivity contribution in [3.05, 3.63) is 0 Å². The van der Waals surface area contributed by atoms with Gasteiger partial charge in [0.05, 0.1) is 33.0 Å². The summed E-state index contributed by atoms with van der Waals surface area (Å²) in [6, 6.07) is 0.773. The van der Waals surface area contributed by atoms with Gasteiger partial charge in [-0.2, -0.15) is 0 Å². The number of ether oxygens (including phenoxy) is 3. The van der Waals surface area contributed by atoms with Crippen molar-refractivity contribution in [1.29, 1.82) is 0 Å². The molecule has 0 radical (unpaired) electrons. The summed E-state index contributed by atoms with van der Waals surface area (Å²) in [5, 5.41) is 3.40. The molecule has 2 fully saturated rings. The van der Waals surface area contributed by atoms with Crippen LogP contribution in [0.25, 0.3) is 0 Å². The maximum absolute atomic E-state index is 5.57. The van der Waals surface area contributed by atoms with Gasteiger partial charge in [-0.25, -0.2) is 0 Å². The third kappa shape index (κ3) is 5.63. The Balaban J connectivity index is 1.37. The topological polar surface area (TPSA) is 46.2 Å². The molecular weight excluding hydrogens is 258 g/mol. The molecule has 0 spiro atoms. The number of nitrogens with zero attached hydrogens (tertiary/aromatic N) is 2. The average molecular weight is 287 g/mol. The van der Waals surface area contributed by atoms with Crippen molar-refractivity contribution < 1.29 is 14.2 Å². The number of hydrogen-bond donors (Lipinski definition) is 1. The van der Waals surface area contributed by atoms with E-state index in [2.05, 4.69) is 15.1 Å². The lowest BCUT2D eigenvalue weighted by atomic mass is 10.1. The van der Waals surface area contributed by atoms with Crippen molar-refractivity contribution in [2.45, 2.75) is 6.04 Å². The number of likely N-dealkylation sites (tertiary alicyclic amines) is 1. The Morgan fingerprint density at radius 2 is 1.60 bits per heavy atom. The minimum Gasteiger partial charge on any atom is -0.382 e. The first-order valence-electron chi connectivity index (χ1n) is 7.71. The molecule has 2 aliphatic rings.